The zero-order chi connectivity index (χ0) is 20.8. The summed E-state index contributed by atoms with van der Waals surface area (Å²) in [6, 6.07) is 0. The molecule has 152 valence electrons. The van der Waals surface area contributed by atoms with Gasteiger partial charge in [0.1, 0.15) is 5.76 Å². The molecule has 2 heterocycles. The molecular weight excluding hydrogens is 384 g/mol. The van der Waals surface area contributed by atoms with E-state index in [1.54, 1.807) is 20.8 Å². The molecule has 8 nitrogen and oxygen atoms in total. The number of thioether (sulfide) groups is 1. The third kappa shape index (κ3) is 5.03. The Morgan fingerprint density at radius 1 is 1.07 bits per heavy atom. The van der Waals surface area contributed by atoms with Gasteiger partial charge in [-0.05, 0) is 34.6 Å². The Morgan fingerprint density at radius 2 is 1.75 bits per heavy atom. The van der Waals surface area contributed by atoms with E-state index < -0.39 is 24.3 Å². The van der Waals surface area contributed by atoms with Gasteiger partial charge in [0.05, 0.1) is 29.2 Å². The van der Waals surface area contributed by atoms with E-state index in [2.05, 4.69) is 10.1 Å². The number of ether oxygens (including phenoxy) is 2. The molecule has 9 heteroatoms. The van der Waals surface area contributed by atoms with Crippen molar-refractivity contribution in [1.29, 1.82) is 0 Å². The number of aryl methyl sites for hydroxylation is 4. The summed E-state index contributed by atoms with van der Waals surface area (Å²) >= 11 is 1.35. The second-order valence-electron chi connectivity index (χ2n) is 6.22. The van der Waals surface area contributed by atoms with Crippen molar-refractivity contribution >= 4 is 29.5 Å². The van der Waals surface area contributed by atoms with Crippen molar-refractivity contribution in [3.05, 3.63) is 39.5 Å². The summed E-state index contributed by atoms with van der Waals surface area (Å²) in [6.45, 7) is 8.48. The number of aromatic nitrogens is 2. The zero-order valence-corrected chi connectivity index (χ0v) is 17.4. The number of ketones is 1. The van der Waals surface area contributed by atoms with E-state index in [0.29, 0.717) is 17.1 Å². The Morgan fingerprint density at radius 3 is 2.36 bits per heavy atom. The predicted molar refractivity (Wildman–Crippen MR) is 104 cm³/mol. The van der Waals surface area contributed by atoms with Crippen LogP contribution in [0.3, 0.4) is 0 Å². The van der Waals surface area contributed by atoms with E-state index in [9.17, 15) is 14.4 Å². The Hall–Kier alpha value is -2.55. The van der Waals surface area contributed by atoms with Crippen LogP contribution >= 0.6 is 11.8 Å². The normalized spacial score (nSPS) is 10.8. The van der Waals surface area contributed by atoms with Crippen molar-refractivity contribution in [2.45, 2.75) is 40.4 Å². The largest absolute Gasteiger partial charge is 0.462 e. The van der Waals surface area contributed by atoms with Crippen LogP contribution in [0.2, 0.25) is 0 Å². The number of H-pyrrole nitrogens is 1. The second kappa shape index (κ2) is 9.59. The Balaban J connectivity index is 1.91. The number of nitrogens with one attached hydrogen (secondary N) is 1. The molecule has 0 radical (unpaired) electrons. The number of nitrogens with zero attached hydrogens (tertiary/aromatic N) is 1. The monoisotopic (exact) mass is 408 g/mol. The minimum Gasteiger partial charge on any atom is -0.462 e. The van der Waals surface area contributed by atoms with Crippen molar-refractivity contribution < 1.29 is 28.4 Å². The molecule has 0 aliphatic carbocycles. The van der Waals surface area contributed by atoms with Crippen LogP contribution in [0, 0.1) is 27.7 Å². The number of aromatic amines is 1. The van der Waals surface area contributed by atoms with E-state index in [4.69, 9.17) is 14.0 Å². The fourth-order valence-electron chi connectivity index (χ4n) is 2.79. The van der Waals surface area contributed by atoms with Gasteiger partial charge in [-0.1, -0.05) is 5.16 Å². The van der Waals surface area contributed by atoms with Crippen LogP contribution in [-0.4, -0.2) is 46.8 Å². The fourth-order valence-corrected chi connectivity index (χ4v) is 3.76. The molecule has 0 atom stereocenters. The van der Waals surface area contributed by atoms with Gasteiger partial charge in [0, 0.05) is 22.7 Å². The third-order valence-electron chi connectivity index (χ3n) is 4.15. The van der Waals surface area contributed by atoms with Crippen molar-refractivity contribution in [2.24, 2.45) is 0 Å². The van der Waals surface area contributed by atoms with Crippen LogP contribution < -0.4 is 0 Å². The fraction of sp³-hybridized carbons (Fsp3) is 0.474. The molecule has 0 fully saturated rings. The lowest BCUT2D eigenvalue weighted by Gasteiger charge is -2.07. The van der Waals surface area contributed by atoms with Gasteiger partial charge in [0.25, 0.3) is 0 Å². The maximum Gasteiger partial charge on any atom is 0.340 e. The van der Waals surface area contributed by atoms with E-state index in [1.807, 2.05) is 13.8 Å². The molecular formula is C19H24N2O6S. The molecule has 28 heavy (non-hydrogen) atoms. The lowest BCUT2D eigenvalue weighted by atomic mass is 10.1. The molecule has 0 spiro atoms. The average Bonchev–Trinajstić information content (AvgIpc) is 3.11. The molecule has 0 saturated heterocycles. The van der Waals surface area contributed by atoms with Crippen LogP contribution in [-0.2, 0) is 20.0 Å². The quantitative estimate of drug-likeness (QED) is 0.498. The summed E-state index contributed by atoms with van der Waals surface area (Å²) in [6.07, 6.45) is 0. The van der Waals surface area contributed by atoms with Gasteiger partial charge < -0.3 is 19.0 Å². The van der Waals surface area contributed by atoms with E-state index in [1.165, 1.54) is 11.8 Å². The Labute approximate surface area is 167 Å². The molecule has 0 saturated carbocycles. The van der Waals surface area contributed by atoms with Crippen molar-refractivity contribution in [3.63, 3.8) is 0 Å². The molecule has 0 bridgehead atoms. The average molecular weight is 408 g/mol. The summed E-state index contributed by atoms with van der Waals surface area (Å²) < 4.78 is 15.2. The van der Waals surface area contributed by atoms with Gasteiger partial charge in [0.2, 0.25) is 5.78 Å². The number of carbonyl (C=O) groups is 3. The molecule has 2 rings (SSSR count). The van der Waals surface area contributed by atoms with Crippen LogP contribution in [0.25, 0.3) is 0 Å². The maximum atomic E-state index is 12.5. The van der Waals surface area contributed by atoms with Crippen molar-refractivity contribution in [3.8, 4) is 0 Å². The van der Waals surface area contributed by atoms with Gasteiger partial charge in [-0.25, -0.2) is 4.79 Å². The summed E-state index contributed by atoms with van der Waals surface area (Å²) in [5, 5.41) is 3.86. The van der Waals surface area contributed by atoms with Gasteiger partial charge in [-0.2, -0.15) is 0 Å². The van der Waals surface area contributed by atoms with Gasteiger partial charge >= 0.3 is 11.9 Å². The number of Topliss-reactive ketones (excluding diaryl/α,β-unsaturated/α-hetero) is 1. The molecule has 0 aliphatic heterocycles. The molecule has 2 aromatic rings. The number of carbonyl (C=O) groups excluding carboxylic acids is 3. The number of esters is 2. The lowest BCUT2D eigenvalue weighted by molar-refractivity contribution is -0.139. The van der Waals surface area contributed by atoms with E-state index >= 15 is 0 Å². The first-order valence-electron chi connectivity index (χ1n) is 8.80. The van der Waals surface area contributed by atoms with Crippen LogP contribution in [0.4, 0.5) is 0 Å². The SMILES string of the molecule is CCOC(=O)c1c(C)[nH]c(C)c1C(=O)COC(=O)CSCc1c(C)noc1C. The minimum atomic E-state index is -0.575. The summed E-state index contributed by atoms with van der Waals surface area (Å²) in [5.74, 6) is -0.158. The number of hydrogen-bond acceptors (Lipinski definition) is 8. The van der Waals surface area contributed by atoms with Crippen LogP contribution in [0.1, 0.15) is 56.0 Å². The minimum absolute atomic E-state index is 0.0905. The number of hydrogen-bond donors (Lipinski definition) is 1. The van der Waals surface area contributed by atoms with Crippen LogP contribution in [0.15, 0.2) is 4.52 Å². The predicted octanol–water partition coefficient (Wildman–Crippen LogP) is 3.07. The molecule has 0 aromatic carbocycles. The Bertz CT molecular complexity index is 864. The first-order valence-corrected chi connectivity index (χ1v) is 9.96. The summed E-state index contributed by atoms with van der Waals surface area (Å²) in [7, 11) is 0. The first kappa shape index (κ1) is 21.7. The molecule has 0 unspecified atom stereocenters. The van der Waals surface area contributed by atoms with Gasteiger partial charge in [0.15, 0.2) is 6.61 Å². The smallest absolute Gasteiger partial charge is 0.340 e. The molecule has 1 N–H and O–H groups in total. The highest BCUT2D eigenvalue weighted by atomic mass is 32.2. The van der Waals surface area contributed by atoms with Crippen LogP contribution in [0.5, 0.6) is 0 Å². The summed E-state index contributed by atoms with van der Waals surface area (Å²) in [4.78, 5) is 39.6. The van der Waals surface area contributed by atoms with Crippen molar-refractivity contribution in [2.75, 3.05) is 19.0 Å². The second-order valence-corrected chi connectivity index (χ2v) is 7.21. The maximum absolute atomic E-state index is 12.5. The highest BCUT2D eigenvalue weighted by Crippen LogP contribution is 2.21. The summed E-state index contributed by atoms with van der Waals surface area (Å²) in [5.41, 5.74) is 3.21. The zero-order valence-electron chi connectivity index (χ0n) is 16.6. The highest BCUT2D eigenvalue weighted by molar-refractivity contribution is 7.99. The molecule has 0 amide bonds. The first-order chi connectivity index (χ1) is 13.3. The highest BCUT2D eigenvalue weighted by Gasteiger charge is 2.26. The van der Waals surface area contributed by atoms with Crippen molar-refractivity contribution in [1.82, 2.24) is 10.1 Å². The molecule has 0 aliphatic rings. The topological polar surface area (TPSA) is 111 Å². The Kier molecular flexibility index (Phi) is 7.45. The standard InChI is InChI=1S/C19H24N2O6S/c1-6-25-19(24)18-12(4)20-11(3)17(18)15(22)7-26-16(23)9-28-8-14-10(2)21-27-13(14)5/h20H,6-9H2,1-5H3. The van der Waals surface area contributed by atoms with E-state index in [-0.39, 0.29) is 23.5 Å². The van der Waals surface area contributed by atoms with E-state index in [0.717, 1.165) is 17.0 Å². The number of rotatable bonds is 9. The van der Waals surface area contributed by atoms with Gasteiger partial charge in [-0.15, -0.1) is 11.8 Å². The third-order valence-corrected chi connectivity index (χ3v) is 5.08. The molecule has 2 aromatic heterocycles. The van der Waals surface area contributed by atoms with Gasteiger partial charge in [-0.3, -0.25) is 9.59 Å². The lowest BCUT2D eigenvalue weighted by Crippen LogP contribution is -2.19.